The summed E-state index contributed by atoms with van der Waals surface area (Å²) in [6.07, 6.45) is 0. The van der Waals surface area contributed by atoms with Crippen LogP contribution in [0.3, 0.4) is 0 Å². The first kappa shape index (κ1) is 25.3. The van der Waals surface area contributed by atoms with Gasteiger partial charge in [0.1, 0.15) is 17.7 Å². The average molecular weight is 382 g/mol. The van der Waals surface area contributed by atoms with Gasteiger partial charge in [0.05, 0.1) is 0 Å². The molecule has 0 rings (SSSR count). The molecule has 0 bridgehead atoms. The molecule has 0 saturated carbocycles. The van der Waals surface area contributed by atoms with Crippen molar-refractivity contribution in [3.63, 3.8) is 0 Å². The molecule has 0 aromatic heterocycles. The van der Waals surface area contributed by atoms with Crippen LogP contribution in [0.15, 0.2) is 0 Å². The van der Waals surface area contributed by atoms with Crippen molar-refractivity contribution in [1.82, 2.24) is 0 Å². The quantitative estimate of drug-likeness (QED) is 0.235. The molecule has 93 valence electrons. The van der Waals surface area contributed by atoms with Crippen LogP contribution in [0.5, 0.6) is 0 Å². The minimum Gasteiger partial charge on any atom is -0.419 e. The molecule has 10 N–H and O–H groups in total. The van der Waals surface area contributed by atoms with Gasteiger partial charge in [0.25, 0.3) is 16.5 Å². The topological polar surface area (TPSA) is 195 Å². The van der Waals surface area contributed by atoms with Crippen molar-refractivity contribution in [3.05, 3.63) is 0 Å². The summed E-state index contributed by atoms with van der Waals surface area (Å²) >= 11 is 0. The number of nitrogens with one attached hydrogen (secondary N) is 6. The van der Waals surface area contributed by atoms with Gasteiger partial charge in [-0.3, -0.25) is 0 Å². The molecule has 0 aliphatic rings. The van der Waals surface area contributed by atoms with E-state index in [4.69, 9.17) is 41.1 Å². The minimum atomic E-state index is -1.60. The average Bonchev–Trinajstić information content (AvgIpc) is 2.15. The van der Waals surface area contributed by atoms with Crippen LogP contribution in [0.1, 0.15) is 0 Å². The van der Waals surface area contributed by atoms with Gasteiger partial charge in [0.2, 0.25) is 0 Å². The Morgan fingerprint density at radius 1 is 0.750 bits per heavy atom. The predicted molar refractivity (Wildman–Crippen MR) is 71.9 cm³/mol. The molecule has 0 aromatic carbocycles. The van der Waals surface area contributed by atoms with Crippen LogP contribution in [0.4, 0.5) is 0 Å². The Balaban J connectivity index is -0.0000000800. The molecule has 0 atom stereocenters. The number of nitrogens with two attached hydrogens (primary N) is 2. The molecule has 0 aliphatic heterocycles. The van der Waals surface area contributed by atoms with Gasteiger partial charge in [-0.2, -0.15) is 0 Å². The summed E-state index contributed by atoms with van der Waals surface area (Å²) in [7, 11) is -7.08. The Labute approximate surface area is 117 Å². The standard InChI is InChI=1S/2H6N4Si3.Ni.H3Si/c2*1-5-7(4)6(2)3;;/h2*1-2,4-5H,3H2;;1H3. The molecule has 0 saturated heterocycles. The predicted octanol–water partition coefficient (Wildman–Crippen LogP) is -3.40. The van der Waals surface area contributed by atoms with Crippen LogP contribution in [0.25, 0.3) is 0 Å². The van der Waals surface area contributed by atoms with E-state index < -0.39 is 49.4 Å². The monoisotopic (exact) mass is 381 g/mol. The molecule has 0 fully saturated rings. The fourth-order valence-corrected chi connectivity index (χ4v) is 4.20. The van der Waals surface area contributed by atoms with E-state index in [1.807, 2.05) is 0 Å². The number of hydrogen-bond acceptors (Lipinski definition) is 6. The summed E-state index contributed by atoms with van der Waals surface area (Å²) in [5.74, 6) is 0. The van der Waals surface area contributed by atoms with Gasteiger partial charge in [0.15, 0.2) is 15.2 Å². The molecule has 0 heterocycles. The van der Waals surface area contributed by atoms with Crippen LogP contribution < -0.4 is 10.8 Å². The van der Waals surface area contributed by atoms with E-state index >= 15 is 0 Å². The maximum Gasteiger partial charge on any atom is 0.254 e. The van der Waals surface area contributed by atoms with Gasteiger partial charge in [-0.1, -0.05) is 0 Å². The minimum absolute atomic E-state index is 0. The van der Waals surface area contributed by atoms with E-state index in [0.29, 0.717) is 0 Å². The van der Waals surface area contributed by atoms with Gasteiger partial charge in [-0.25, -0.2) is 0 Å². The van der Waals surface area contributed by atoms with Crippen molar-refractivity contribution in [3.8, 4) is 0 Å². The molecular formula is H15N8NiSi7. The second-order valence-corrected chi connectivity index (χ2v) is 21.0. The fraction of sp³-hybridized carbons (Fsp3) is 0. The third-order valence-electron chi connectivity index (χ3n) is 0.869. The summed E-state index contributed by atoms with van der Waals surface area (Å²) in [6.45, 7) is 0. The SMILES string of the molecule is N=[SiH][Si](=N)[Si](=N)N.N=[SiH][Si](=N)[Si](=N)N.[Ni].[SiH3]. The molecule has 8 nitrogen and oxygen atoms in total. The fourth-order valence-electron chi connectivity index (χ4n) is 0.156. The van der Waals surface area contributed by atoms with Crippen LogP contribution in [0.2, 0.25) is 0 Å². The second-order valence-electron chi connectivity index (χ2n) is 1.94. The first-order valence-corrected chi connectivity index (χ1v) is 16.2. The molecular weight excluding hydrogens is 367 g/mol. The van der Waals surface area contributed by atoms with E-state index in [2.05, 4.69) is 0 Å². The Morgan fingerprint density at radius 2 is 0.938 bits per heavy atom. The normalized spacial score (nSPS) is 6.50. The molecule has 1 radical (unpaired) electrons. The third kappa shape index (κ3) is 16.8. The van der Waals surface area contributed by atoms with Crippen LogP contribution >= 0.6 is 0 Å². The Bertz CT molecular complexity index is 265. The molecule has 0 aromatic rings. The van der Waals surface area contributed by atoms with E-state index in [1.54, 1.807) is 0 Å². The van der Waals surface area contributed by atoms with E-state index in [1.165, 1.54) is 0 Å². The summed E-state index contributed by atoms with van der Waals surface area (Å²) in [6, 6.07) is 0. The Hall–Kier alpha value is 0.412. The summed E-state index contributed by atoms with van der Waals surface area (Å²) in [5, 5.41) is 51.1. The van der Waals surface area contributed by atoms with E-state index in [-0.39, 0.29) is 27.5 Å². The number of hydrogen-bond donors (Lipinski definition) is 8. The van der Waals surface area contributed by atoms with Crippen molar-refractivity contribution < 1.29 is 16.5 Å². The van der Waals surface area contributed by atoms with Crippen molar-refractivity contribution >= 4 is 60.4 Å². The number of rotatable bonds is 4. The van der Waals surface area contributed by atoms with E-state index in [9.17, 15) is 0 Å². The largest absolute Gasteiger partial charge is 0.419 e. The second kappa shape index (κ2) is 15.4. The van der Waals surface area contributed by atoms with Crippen molar-refractivity contribution in [2.45, 2.75) is 0 Å². The summed E-state index contributed by atoms with van der Waals surface area (Å²) in [4.78, 5) is 0. The molecule has 0 amide bonds. The zero-order chi connectivity index (χ0) is 11.7. The maximum absolute atomic E-state index is 6.96. The van der Waals surface area contributed by atoms with Gasteiger partial charge < -0.3 is 41.1 Å². The molecule has 16 heavy (non-hydrogen) atoms. The zero-order valence-electron chi connectivity index (χ0n) is 8.63. The van der Waals surface area contributed by atoms with Crippen molar-refractivity contribution in [1.29, 1.82) is 30.3 Å². The summed E-state index contributed by atoms with van der Waals surface area (Å²) < 4.78 is 0. The Kier molecular flexibility index (Phi) is 24.4. The smallest absolute Gasteiger partial charge is 0.254 e. The van der Waals surface area contributed by atoms with Crippen molar-refractivity contribution in [2.75, 3.05) is 0 Å². The van der Waals surface area contributed by atoms with Gasteiger partial charge >= 0.3 is 0 Å². The molecule has 0 unspecified atom stereocenters. The molecule has 0 spiro atoms. The van der Waals surface area contributed by atoms with Gasteiger partial charge in [-0.15, -0.1) is 0 Å². The van der Waals surface area contributed by atoms with Gasteiger partial charge in [-0.05, 0) is 11.0 Å². The summed E-state index contributed by atoms with van der Waals surface area (Å²) in [5.41, 5.74) is 0. The first-order chi connectivity index (χ1) is 6.36. The first-order valence-electron chi connectivity index (χ1n) is 3.23. The van der Waals surface area contributed by atoms with E-state index in [0.717, 1.165) is 0 Å². The van der Waals surface area contributed by atoms with Crippen LogP contribution in [-0.2, 0) is 16.5 Å². The molecule has 16 heteroatoms. The Morgan fingerprint density at radius 3 is 0.938 bits per heavy atom. The maximum atomic E-state index is 6.96. The zero-order valence-corrected chi connectivity index (χ0v) is 17.9. The van der Waals surface area contributed by atoms with Crippen LogP contribution in [-0.4, -0.2) is 60.4 Å². The third-order valence-corrected chi connectivity index (χ3v) is 16.0. The molecule has 0 aliphatic carbocycles. The van der Waals surface area contributed by atoms with Crippen LogP contribution in [0, 0.1) is 30.3 Å². The van der Waals surface area contributed by atoms with Crippen molar-refractivity contribution in [2.24, 2.45) is 10.8 Å². The van der Waals surface area contributed by atoms with Gasteiger partial charge in [0, 0.05) is 16.5 Å².